The van der Waals surface area contributed by atoms with Crippen molar-refractivity contribution in [2.24, 2.45) is 0 Å². The summed E-state index contributed by atoms with van der Waals surface area (Å²) in [7, 11) is -3.33. The molecule has 2 aliphatic heterocycles. The number of piperazine rings is 1. The summed E-state index contributed by atoms with van der Waals surface area (Å²) in [6.45, 7) is 5.78. The molecule has 2 aromatic carbocycles. The van der Waals surface area contributed by atoms with E-state index in [2.05, 4.69) is 22.0 Å². The topological polar surface area (TPSA) is 94.0 Å². The van der Waals surface area contributed by atoms with E-state index < -0.39 is 26.9 Å². The molecule has 3 heterocycles. The van der Waals surface area contributed by atoms with E-state index in [1.165, 1.54) is 22.7 Å². The lowest BCUT2D eigenvalue weighted by atomic mass is 9.63. The number of carbonyl (C=O) groups excluding carboxylic acids is 1. The SMILES string of the molecule is CC(C)(O)C1(c2ccccc2)CCN(c2c(C(=O)N3CCN(S(C)(=O)=O)CC3)cnc3ccc(F)cc23)CC1. The number of halogens is 1. The molecule has 5 rings (SSSR count). The first-order valence-electron chi connectivity index (χ1n) is 13.3. The highest BCUT2D eigenvalue weighted by atomic mass is 32.2. The monoisotopic (exact) mass is 554 g/mol. The maximum absolute atomic E-state index is 14.5. The predicted octanol–water partition coefficient (Wildman–Crippen LogP) is 3.40. The third kappa shape index (κ3) is 5.13. The van der Waals surface area contributed by atoms with E-state index in [0.29, 0.717) is 48.1 Å². The van der Waals surface area contributed by atoms with Gasteiger partial charge in [-0.05, 0) is 50.5 Å². The second kappa shape index (κ2) is 10.1. The van der Waals surface area contributed by atoms with Gasteiger partial charge in [-0.25, -0.2) is 12.8 Å². The number of aromatic nitrogens is 1. The Hall–Kier alpha value is -3.08. The Balaban J connectivity index is 1.50. The molecule has 3 aromatic rings. The summed E-state index contributed by atoms with van der Waals surface area (Å²) in [5, 5.41) is 11.9. The Morgan fingerprint density at radius 1 is 1.00 bits per heavy atom. The van der Waals surface area contributed by atoms with E-state index in [1.807, 2.05) is 32.0 Å². The number of amides is 1. The average Bonchev–Trinajstić information content (AvgIpc) is 2.91. The van der Waals surface area contributed by atoms with Gasteiger partial charge in [-0.1, -0.05) is 30.3 Å². The van der Waals surface area contributed by atoms with Crippen molar-refractivity contribution >= 4 is 32.5 Å². The molecule has 0 saturated carbocycles. The number of rotatable bonds is 5. The Labute approximate surface area is 229 Å². The van der Waals surface area contributed by atoms with Crippen LogP contribution in [-0.2, 0) is 15.4 Å². The standard InChI is InChI=1S/C29H35FN4O4S/c1-28(2,36)29(21-7-5-4-6-8-21)11-13-32(14-12-29)26-23-19-22(30)9-10-25(23)31-20-24(26)27(35)33-15-17-34(18-16-33)39(3,37)38/h4-10,19-20,36H,11-18H2,1-3H3. The molecular formula is C29H35FN4O4S. The molecule has 10 heteroatoms. The van der Waals surface area contributed by atoms with Crippen LogP contribution < -0.4 is 4.90 Å². The van der Waals surface area contributed by atoms with Gasteiger partial charge in [0, 0.05) is 56.3 Å². The Kier molecular flexibility index (Phi) is 7.15. The fraction of sp³-hybridized carbons (Fsp3) is 0.448. The fourth-order valence-corrected chi connectivity index (χ4v) is 6.99. The molecule has 2 fully saturated rings. The minimum absolute atomic E-state index is 0.227. The molecule has 0 aliphatic carbocycles. The second-order valence-electron chi connectivity index (χ2n) is 11.1. The molecule has 0 radical (unpaired) electrons. The summed E-state index contributed by atoms with van der Waals surface area (Å²) in [5.41, 5.74) is 1.20. The van der Waals surface area contributed by atoms with Crippen molar-refractivity contribution in [2.75, 3.05) is 50.4 Å². The molecule has 0 unspecified atom stereocenters. The van der Waals surface area contributed by atoms with Gasteiger partial charge >= 0.3 is 0 Å². The van der Waals surface area contributed by atoms with Gasteiger partial charge in [-0.2, -0.15) is 4.31 Å². The molecule has 2 aliphatic rings. The molecule has 1 aromatic heterocycles. The van der Waals surface area contributed by atoms with Crippen LogP contribution in [0, 0.1) is 5.82 Å². The molecule has 0 atom stereocenters. The van der Waals surface area contributed by atoms with Gasteiger partial charge in [-0.3, -0.25) is 9.78 Å². The van der Waals surface area contributed by atoms with Crippen molar-refractivity contribution in [2.45, 2.75) is 37.7 Å². The van der Waals surface area contributed by atoms with Gasteiger partial charge in [0.05, 0.1) is 28.6 Å². The van der Waals surface area contributed by atoms with E-state index in [1.54, 1.807) is 17.2 Å². The minimum Gasteiger partial charge on any atom is -0.390 e. The summed E-state index contributed by atoms with van der Waals surface area (Å²) in [6.07, 6.45) is 4.00. The van der Waals surface area contributed by atoms with Gasteiger partial charge in [0.15, 0.2) is 0 Å². The zero-order valence-electron chi connectivity index (χ0n) is 22.6. The number of hydrogen-bond donors (Lipinski definition) is 1. The van der Waals surface area contributed by atoms with E-state index in [-0.39, 0.29) is 32.1 Å². The molecule has 208 valence electrons. The van der Waals surface area contributed by atoms with Crippen molar-refractivity contribution in [3.8, 4) is 0 Å². The maximum atomic E-state index is 14.5. The molecule has 8 nitrogen and oxygen atoms in total. The van der Waals surface area contributed by atoms with Crippen LogP contribution in [0.4, 0.5) is 10.1 Å². The number of anilines is 1. The van der Waals surface area contributed by atoms with Gasteiger partial charge in [0.1, 0.15) is 5.82 Å². The Morgan fingerprint density at radius 3 is 2.23 bits per heavy atom. The molecule has 1 amide bonds. The summed E-state index contributed by atoms with van der Waals surface area (Å²) in [4.78, 5) is 22.0. The van der Waals surface area contributed by atoms with Crippen LogP contribution in [0.5, 0.6) is 0 Å². The first kappa shape index (κ1) is 27.5. The van der Waals surface area contributed by atoms with Crippen LogP contribution >= 0.6 is 0 Å². The van der Waals surface area contributed by atoms with Crippen LogP contribution in [0.25, 0.3) is 10.9 Å². The third-order valence-electron chi connectivity index (χ3n) is 8.46. The molecule has 0 bridgehead atoms. The van der Waals surface area contributed by atoms with E-state index in [4.69, 9.17) is 0 Å². The number of nitrogens with zero attached hydrogens (tertiary/aromatic N) is 4. The van der Waals surface area contributed by atoms with Crippen LogP contribution in [0.3, 0.4) is 0 Å². The highest BCUT2D eigenvalue weighted by Crippen LogP contribution is 2.46. The Morgan fingerprint density at radius 2 is 1.64 bits per heavy atom. The lowest BCUT2D eigenvalue weighted by molar-refractivity contribution is -0.0201. The third-order valence-corrected chi connectivity index (χ3v) is 9.76. The predicted molar refractivity (Wildman–Crippen MR) is 150 cm³/mol. The second-order valence-corrected chi connectivity index (χ2v) is 13.1. The molecule has 39 heavy (non-hydrogen) atoms. The quantitative estimate of drug-likeness (QED) is 0.520. The van der Waals surface area contributed by atoms with Crippen molar-refractivity contribution in [3.63, 3.8) is 0 Å². The number of piperidine rings is 1. The minimum atomic E-state index is -3.33. The van der Waals surface area contributed by atoms with Gasteiger partial charge in [0.25, 0.3) is 5.91 Å². The highest BCUT2D eigenvalue weighted by molar-refractivity contribution is 7.88. The summed E-state index contributed by atoms with van der Waals surface area (Å²) < 4.78 is 39.8. The first-order valence-corrected chi connectivity index (χ1v) is 15.1. The number of carbonyl (C=O) groups is 1. The zero-order valence-corrected chi connectivity index (χ0v) is 23.4. The number of aliphatic hydroxyl groups is 1. The van der Waals surface area contributed by atoms with Crippen LogP contribution in [0.1, 0.15) is 42.6 Å². The number of pyridine rings is 1. The van der Waals surface area contributed by atoms with E-state index in [9.17, 15) is 22.7 Å². The maximum Gasteiger partial charge on any atom is 0.257 e. The lowest BCUT2D eigenvalue weighted by Crippen LogP contribution is -2.54. The molecule has 1 N–H and O–H groups in total. The first-order chi connectivity index (χ1) is 18.4. The normalized spacial score (nSPS) is 18.9. The number of sulfonamides is 1. The highest BCUT2D eigenvalue weighted by Gasteiger charge is 2.47. The van der Waals surface area contributed by atoms with Crippen LogP contribution in [0.2, 0.25) is 0 Å². The van der Waals surface area contributed by atoms with Gasteiger partial charge < -0.3 is 14.9 Å². The van der Waals surface area contributed by atoms with Gasteiger partial charge in [0.2, 0.25) is 10.0 Å². The average molecular weight is 555 g/mol. The van der Waals surface area contributed by atoms with Crippen molar-refractivity contribution in [1.82, 2.24) is 14.2 Å². The van der Waals surface area contributed by atoms with Crippen molar-refractivity contribution < 1.29 is 22.7 Å². The van der Waals surface area contributed by atoms with Crippen LogP contribution in [0.15, 0.2) is 54.7 Å². The summed E-state index contributed by atoms with van der Waals surface area (Å²) >= 11 is 0. The largest absolute Gasteiger partial charge is 0.390 e. The fourth-order valence-electron chi connectivity index (χ4n) is 6.16. The smallest absolute Gasteiger partial charge is 0.257 e. The zero-order chi connectivity index (χ0) is 28.0. The number of fused-ring (bicyclic) bond motifs is 1. The number of hydrogen-bond acceptors (Lipinski definition) is 6. The lowest BCUT2D eigenvalue weighted by Gasteiger charge is -2.50. The number of benzene rings is 2. The van der Waals surface area contributed by atoms with Crippen molar-refractivity contribution in [1.29, 1.82) is 0 Å². The summed E-state index contributed by atoms with van der Waals surface area (Å²) in [5.74, 6) is -0.664. The molecule has 0 spiro atoms. The van der Waals surface area contributed by atoms with Crippen LogP contribution in [-0.4, -0.2) is 84.7 Å². The van der Waals surface area contributed by atoms with Crippen molar-refractivity contribution in [3.05, 3.63) is 71.7 Å². The summed E-state index contributed by atoms with van der Waals surface area (Å²) in [6, 6.07) is 14.4. The van der Waals surface area contributed by atoms with Gasteiger partial charge in [-0.15, -0.1) is 0 Å². The molecular weight excluding hydrogens is 519 g/mol. The van der Waals surface area contributed by atoms with E-state index >= 15 is 0 Å². The van der Waals surface area contributed by atoms with E-state index in [0.717, 1.165) is 5.56 Å². The Bertz CT molecular complexity index is 1470. The molecule has 2 saturated heterocycles.